The van der Waals surface area contributed by atoms with Crippen molar-refractivity contribution in [2.45, 2.75) is 53.0 Å². The minimum absolute atomic E-state index is 0.0420. The monoisotopic (exact) mass is 306 g/mol. The molecule has 5 heteroatoms. The number of likely N-dealkylation sites (tertiary alicyclic amines) is 1. The molecule has 1 fully saturated rings. The van der Waals surface area contributed by atoms with Gasteiger partial charge in [0.25, 0.3) is 5.91 Å². The van der Waals surface area contributed by atoms with E-state index in [4.69, 9.17) is 4.42 Å². The molecule has 2 amide bonds. The molecule has 0 unspecified atom stereocenters. The highest BCUT2D eigenvalue weighted by Gasteiger charge is 2.33. The summed E-state index contributed by atoms with van der Waals surface area (Å²) in [7, 11) is 0. The Labute approximate surface area is 132 Å². The van der Waals surface area contributed by atoms with Gasteiger partial charge in [0.15, 0.2) is 0 Å². The predicted octanol–water partition coefficient (Wildman–Crippen LogP) is 2.66. The molecule has 2 heterocycles. The topological polar surface area (TPSA) is 62.6 Å². The molecule has 1 aliphatic rings. The van der Waals surface area contributed by atoms with Crippen LogP contribution in [0.1, 0.15) is 55.0 Å². The van der Waals surface area contributed by atoms with Crippen molar-refractivity contribution < 1.29 is 14.0 Å². The van der Waals surface area contributed by atoms with Crippen LogP contribution < -0.4 is 5.32 Å². The minimum atomic E-state index is -0.366. The lowest BCUT2D eigenvalue weighted by Crippen LogP contribution is -2.52. The van der Waals surface area contributed by atoms with Gasteiger partial charge in [0.2, 0.25) is 5.91 Å². The summed E-state index contributed by atoms with van der Waals surface area (Å²) in [6.45, 7) is 9.00. The van der Waals surface area contributed by atoms with Gasteiger partial charge in [-0.05, 0) is 45.1 Å². The van der Waals surface area contributed by atoms with Crippen LogP contribution in [0.5, 0.6) is 0 Å². The Morgan fingerprint density at radius 3 is 2.68 bits per heavy atom. The number of furan rings is 1. The molecule has 0 aliphatic carbocycles. The van der Waals surface area contributed by atoms with Crippen molar-refractivity contribution in [3.63, 3.8) is 0 Å². The number of nitrogens with zero attached hydrogens (tertiary/aromatic N) is 1. The van der Waals surface area contributed by atoms with E-state index in [2.05, 4.69) is 19.2 Å². The van der Waals surface area contributed by atoms with E-state index in [-0.39, 0.29) is 17.9 Å². The summed E-state index contributed by atoms with van der Waals surface area (Å²) < 4.78 is 5.45. The smallest absolute Gasteiger partial charge is 0.258 e. The van der Waals surface area contributed by atoms with Crippen LogP contribution in [-0.4, -0.2) is 35.8 Å². The van der Waals surface area contributed by atoms with Gasteiger partial charge in [-0.1, -0.05) is 13.8 Å². The Morgan fingerprint density at radius 1 is 1.36 bits per heavy atom. The van der Waals surface area contributed by atoms with Gasteiger partial charge in [-0.25, -0.2) is 0 Å². The number of aryl methyl sites for hydroxylation is 2. The second-order valence-corrected chi connectivity index (χ2v) is 6.48. The summed E-state index contributed by atoms with van der Waals surface area (Å²) in [6, 6.07) is 1.39. The Hall–Kier alpha value is -1.78. The van der Waals surface area contributed by atoms with E-state index in [1.807, 2.05) is 6.92 Å². The van der Waals surface area contributed by atoms with Crippen molar-refractivity contribution in [1.82, 2.24) is 10.2 Å². The van der Waals surface area contributed by atoms with Crippen LogP contribution in [0.25, 0.3) is 0 Å². The largest absolute Gasteiger partial charge is 0.466 e. The van der Waals surface area contributed by atoms with Gasteiger partial charge in [0.05, 0.1) is 5.56 Å². The van der Waals surface area contributed by atoms with Crippen LogP contribution >= 0.6 is 0 Å². The van der Waals surface area contributed by atoms with Gasteiger partial charge in [-0.3, -0.25) is 9.59 Å². The summed E-state index contributed by atoms with van der Waals surface area (Å²) in [5, 5.41) is 2.95. The van der Waals surface area contributed by atoms with Gasteiger partial charge in [0, 0.05) is 13.1 Å². The third-order valence-electron chi connectivity index (χ3n) is 4.02. The number of amides is 2. The van der Waals surface area contributed by atoms with Crippen LogP contribution in [-0.2, 0) is 4.79 Å². The zero-order valence-electron chi connectivity index (χ0n) is 13.9. The highest BCUT2D eigenvalue weighted by molar-refractivity contribution is 5.98. The molecule has 5 nitrogen and oxygen atoms in total. The van der Waals surface area contributed by atoms with Crippen LogP contribution in [0.2, 0.25) is 0 Å². The Morgan fingerprint density at radius 2 is 2.09 bits per heavy atom. The fourth-order valence-electron chi connectivity index (χ4n) is 2.87. The number of carbonyl (C=O) groups excluding carboxylic acids is 2. The fraction of sp³-hybridized carbons (Fsp3) is 0.647. The van der Waals surface area contributed by atoms with Crippen LogP contribution in [0, 0.1) is 19.8 Å². The van der Waals surface area contributed by atoms with E-state index in [0.29, 0.717) is 30.3 Å². The lowest BCUT2D eigenvalue weighted by atomic mass is 9.99. The number of nitrogens with one attached hydrogen (secondary N) is 1. The number of hydrogen-bond acceptors (Lipinski definition) is 3. The van der Waals surface area contributed by atoms with Crippen LogP contribution in [0.15, 0.2) is 10.5 Å². The summed E-state index contributed by atoms with van der Waals surface area (Å²) in [5.41, 5.74) is 0.570. The minimum Gasteiger partial charge on any atom is -0.466 e. The summed E-state index contributed by atoms with van der Waals surface area (Å²) in [5.74, 6) is 1.60. The predicted molar refractivity (Wildman–Crippen MR) is 84.7 cm³/mol. The molecule has 1 atom stereocenters. The molecule has 0 saturated carbocycles. The van der Waals surface area contributed by atoms with Gasteiger partial charge in [-0.2, -0.15) is 0 Å². The average Bonchev–Trinajstić information content (AvgIpc) is 2.82. The molecular formula is C17H26N2O3. The Kier molecular flexibility index (Phi) is 5.27. The maximum Gasteiger partial charge on any atom is 0.258 e. The Bertz CT molecular complexity index is 548. The first-order chi connectivity index (χ1) is 10.4. The van der Waals surface area contributed by atoms with Crippen molar-refractivity contribution in [1.29, 1.82) is 0 Å². The normalized spacial score (nSPS) is 18.6. The van der Waals surface area contributed by atoms with Gasteiger partial charge < -0.3 is 14.6 Å². The fourth-order valence-corrected chi connectivity index (χ4v) is 2.87. The molecule has 122 valence electrons. The van der Waals surface area contributed by atoms with Gasteiger partial charge in [-0.15, -0.1) is 0 Å². The van der Waals surface area contributed by atoms with Crippen molar-refractivity contribution in [3.8, 4) is 0 Å². The van der Waals surface area contributed by atoms with Gasteiger partial charge in [0.1, 0.15) is 17.6 Å². The van der Waals surface area contributed by atoms with E-state index >= 15 is 0 Å². The Balaban J connectivity index is 2.13. The SMILES string of the molecule is Cc1cc(C(=O)N2CCCC[C@H]2C(=O)NCC(C)C)c(C)o1. The van der Waals surface area contributed by atoms with Gasteiger partial charge >= 0.3 is 0 Å². The number of piperidine rings is 1. The van der Waals surface area contributed by atoms with Crippen LogP contribution in [0.4, 0.5) is 0 Å². The zero-order chi connectivity index (χ0) is 16.3. The molecule has 1 aromatic heterocycles. The lowest BCUT2D eigenvalue weighted by molar-refractivity contribution is -0.126. The first kappa shape index (κ1) is 16.6. The van der Waals surface area contributed by atoms with Crippen molar-refractivity contribution >= 4 is 11.8 Å². The second kappa shape index (κ2) is 6.99. The maximum atomic E-state index is 12.8. The van der Waals surface area contributed by atoms with Crippen molar-refractivity contribution in [2.24, 2.45) is 5.92 Å². The average molecular weight is 306 g/mol. The molecule has 0 spiro atoms. The summed E-state index contributed by atoms with van der Waals surface area (Å²) in [4.78, 5) is 26.9. The molecule has 1 aromatic rings. The highest BCUT2D eigenvalue weighted by Crippen LogP contribution is 2.23. The molecule has 1 saturated heterocycles. The molecule has 1 N–H and O–H groups in total. The lowest BCUT2D eigenvalue weighted by Gasteiger charge is -2.34. The third kappa shape index (κ3) is 3.70. The first-order valence-corrected chi connectivity index (χ1v) is 8.06. The molecular weight excluding hydrogens is 280 g/mol. The summed E-state index contributed by atoms with van der Waals surface area (Å²) >= 11 is 0. The van der Waals surface area contributed by atoms with Crippen LogP contribution in [0.3, 0.4) is 0 Å². The second-order valence-electron chi connectivity index (χ2n) is 6.48. The molecule has 0 radical (unpaired) electrons. The zero-order valence-corrected chi connectivity index (χ0v) is 13.9. The molecule has 0 aromatic carbocycles. The number of carbonyl (C=O) groups is 2. The molecule has 0 bridgehead atoms. The number of hydrogen-bond donors (Lipinski definition) is 1. The van der Waals surface area contributed by atoms with E-state index in [1.54, 1.807) is 17.9 Å². The quantitative estimate of drug-likeness (QED) is 0.930. The third-order valence-corrected chi connectivity index (χ3v) is 4.02. The molecule has 2 rings (SSSR count). The van der Waals surface area contributed by atoms with E-state index < -0.39 is 0 Å². The van der Waals surface area contributed by atoms with Crippen molar-refractivity contribution in [3.05, 3.63) is 23.2 Å². The van der Waals surface area contributed by atoms with E-state index in [1.165, 1.54) is 0 Å². The van der Waals surface area contributed by atoms with E-state index in [9.17, 15) is 9.59 Å². The van der Waals surface area contributed by atoms with E-state index in [0.717, 1.165) is 25.0 Å². The molecule has 22 heavy (non-hydrogen) atoms. The maximum absolute atomic E-state index is 12.8. The highest BCUT2D eigenvalue weighted by atomic mass is 16.3. The standard InChI is InChI=1S/C17H26N2O3/c1-11(2)10-18-16(20)15-7-5-6-8-19(15)17(21)14-9-12(3)22-13(14)4/h9,11,15H,5-8,10H2,1-4H3,(H,18,20)/t15-/m0/s1. The van der Waals surface area contributed by atoms with Crippen molar-refractivity contribution in [2.75, 3.05) is 13.1 Å². The first-order valence-electron chi connectivity index (χ1n) is 8.06. The summed E-state index contributed by atoms with van der Waals surface area (Å²) in [6.07, 6.45) is 2.65. The molecule has 1 aliphatic heterocycles. The number of rotatable bonds is 4.